The number of anilines is 2. The van der Waals surface area contributed by atoms with Crippen LogP contribution in [0.4, 0.5) is 11.5 Å². The average molecular weight is 398 g/mol. The van der Waals surface area contributed by atoms with Crippen molar-refractivity contribution in [3.8, 4) is 0 Å². The Labute approximate surface area is 143 Å². The highest BCUT2D eigenvalue weighted by atomic mass is 79.9. The summed E-state index contributed by atoms with van der Waals surface area (Å²) in [5, 5.41) is 5.49. The number of nitrogens with one attached hydrogen (secondary N) is 2. The number of hydrogen-bond donors (Lipinski definition) is 2. The first kappa shape index (κ1) is 17.4. The van der Waals surface area contributed by atoms with E-state index in [1.807, 2.05) is 19.1 Å². The van der Waals surface area contributed by atoms with Gasteiger partial charge in [0, 0.05) is 22.6 Å². The van der Waals surface area contributed by atoms with Gasteiger partial charge in [-0.15, -0.1) is 0 Å². The highest BCUT2D eigenvalue weighted by Gasteiger charge is 2.14. The van der Waals surface area contributed by atoms with E-state index in [-0.39, 0.29) is 23.2 Å². The third kappa shape index (κ3) is 4.77. The van der Waals surface area contributed by atoms with Gasteiger partial charge in [0.2, 0.25) is 5.91 Å². The Morgan fingerprint density at radius 1 is 1.30 bits per heavy atom. The molecule has 0 radical (unpaired) electrons. The molecule has 1 heterocycles. The van der Waals surface area contributed by atoms with Crippen LogP contribution in [-0.2, 0) is 14.6 Å². The lowest BCUT2D eigenvalue weighted by Gasteiger charge is -2.10. The van der Waals surface area contributed by atoms with E-state index < -0.39 is 9.84 Å². The molecular formula is C15H16BrN3O3S. The molecule has 0 aliphatic carbocycles. The second-order valence-corrected chi connectivity index (χ2v) is 7.83. The fourth-order valence-corrected chi connectivity index (χ4v) is 2.96. The van der Waals surface area contributed by atoms with Gasteiger partial charge < -0.3 is 10.6 Å². The summed E-state index contributed by atoms with van der Waals surface area (Å²) < 4.78 is 24.3. The van der Waals surface area contributed by atoms with Crippen LogP contribution in [0.5, 0.6) is 0 Å². The van der Waals surface area contributed by atoms with Crippen molar-refractivity contribution < 1.29 is 13.2 Å². The van der Waals surface area contributed by atoms with E-state index in [4.69, 9.17) is 0 Å². The lowest BCUT2D eigenvalue weighted by Crippen LogP contribution is -2.23. The quantitative estimate of drug-likeness (QED) is 0.809. The predicted octanol–water partition coefficient (Wildman–Crippen LogP) is 2.61. The minimum Gasteiger partial charge on any atom is -0.360 e. The van der Waals surface area contributed by atoms with E-state index in [0.29, 0.717) is 5.69 Å². The van der Waals surface area contributed by atoms with Crippen LogP contribution in [0.25, 0.3) is 0 Å². The SMILES string of the molecule is Cc1cc(NC(=O)CNc2ncccc2S(C)(=O)=O)ccc1Br. The van der Waals surface area contributed by atoms with Crippen LogP contribution in [0, 0.1) is 6.92 Å². The molecular weight excluding hydrogens is 382 g/mol. The number of carbonyl (C=O) groups excluding carboxylic acids is 1. The van der Waals surface area contributed by atoms with Crippen LogP contribution in [0.3, 0.4) is 0 Å². The summed E-state index contributed by atoms with van der Waals surface area (Å²) in [6.07, 6.45) is 2.56. The molecule has 0 unspecified atom stereocenters. The van der Waals surface area contributed by atoms with Crippen LogP contribution < -0.4 is 10.6 Å². The molecule has 1 aromatic heterocycles. The summed E-state index contributed by atoms with van der Waals surface area (Å²) in [6.45, 7) is 1.83. The van der Waals surface area contributed by atoms with Gasteiger partial charge in [-0.1, -0.05) is 15.9 Å². The molecule has 0 spiro atoms. The first-order valence-corrected chi connectivity index (χ1v) is 9.41. The third-order valence-electron chi connectivity index (χ3n) is 3.03. The van der Waals surface area contributed by atoms with Crippen LogP contribution in [0.2, 0.25) is 0 Å². The Hall–Kier alpha value is -1.93. The van der Waals surface area contributed by atoms with Crippen molar-refractivity contribution in [1.29, 1.82) is 0 Å². The molecule has 0 fully saturated rings. The number of hydrogen-bond acceptors (Lipinski definition) is 5. The maximum Gasteiger partial charge on any atom is 0.243 e. The number of halogens is 1. The number of amides is 1. The first-order chi connectivity index (χ1) is 10.8. The molecule has 0 saturated heterocycles. The van der Waals surface area contributed by atoms with E-state index in [0.717, 1.165) is 16.3 Å². The summed E-state index contributed by atoms with van der Waals surface area (Å²) in [7, 11) is -3.41. The second-order valence-electron chi connectivity index (χ2n) is 4.99. The molecule has 6 nitrogen and oxygen atoms in total. The molecule has 2 aromatic rings. The monoisotopic (exact) mass is 397 g/mol. The lowest BCUT2D eigenvalue weighted by molar-refractivity contribution is -0.114. The first-order valence-electron chi connectivity index (χ1n) is 6.72. The number of aryl methyl sites for hydroxylation is 1. The highest BCUT2D eigenvalue weighted by molar-refractivity contribution is 9.10. The highest BCUT2D eigenvalue weighted by Crippen LogP contribution is 2.20. The zero-order chi connectivity index (χ0) is 17.0. The molecule has 0 aliphatic rings. The number of sulfone groups is 1. The maximum atomic E-state index is 12.0. The molecule has 2 rings (SSSR count). The Morgan fingerprint density at radius 3 is 2.70 bits per heavy atom. The number of rotatable bonds is 5. The van der Waals surface area contributed by atoms with Crippen LogP contribution in [0.15, 0.2) is 45.9 Å². The van der Waals surface area contributed by atoms with Crippen LogP contribution in [-0.4, -0.2) is 32.1 Å². The van der Waals surface area contributed by atoms with Gasteiger partial charge in [0.05, 0.1) is 6.54 Å². The summed E-state index contributed by atoms with van der Waals surface area (Å²) in [5.74, 6) is -0.131. The molecule has 0 bridgehead atoms. The molecule has 0 aliphatic heterocycles. The van der Waals surface area contributed by atoms with Gasteiger partial charge in [-0.2, -0.15) is 0 Å². The zero-order valence-corrected chi connectivity index (χ0v) is 15.0. The van der Waals surface area contributed by atoms with Crippen LogP contribution >= 0.6 is 15.9 Å². The number of benzene rings is 1. The smallest absolute Gasteiger partial charge is 0.243 e. The largest absolute Gasteiger partial charge is 0.360 e. The minimum atomic E-state index is -3.41. The lowest BCUT2D eigenvalue weighted by atomic mass is 10.2. The number of aromatic nitrogens is 1. The van der Waals surface area contributed by atoms with E-state index in [9.17, 15) is 13.2 Å². The van der Waals surface area contributed by atoms with Gasteiger partial charge in [-0.05, 0) is 42.8 Å². The van der Waals surface area contributed by atoms with Crippen molar-refractivity contribution >= 4 is 43.2 Å². The Bertz CT molecular complexity index is 838. The van der Waals surface area contributed by atoms with Crippen LogP contribution in [0.1, 0.15) is 5.56 Å². The number of nitrogens with zero attached hydrogens (tertiary/aromatic N) is 1. The van der Waals surface area contributed by atoms with E-state index in [1.165, 1.54) is 18.3 Å². The second kappa shape index (κ2) is 7.10. The van der Waals surface area contributed by atoms with Crippen molar-refractivity contribution in [3.05, 3.63) is 46.6 Å². The van der Waals surface area contributed by atoms with E-state index in [2.05, 4.69) is 31.5 Å². The number of pyridine rings is 1. The van der Waals surface area contributed by atoms with Gasteiger partial charge >= 0.3 is 0 Å². The zero-order valence-electron chi connectivity index (χ0n) is 12.6. The van der Waals surface area contributed by atoms with Gasteiger partial charge in [0.15, 0.2) is 9.84 Å². The normalized spacial score (nSPS) is 11.1. The average Bonchev–Trinajstić information content (AvgIpc) is 2.48. The molecule has 0 saturated carbocycles. The van der Waals surface area contributed by atoms with Crippen molar-refractivity contribution in [3.63, 3.8) is 0 Å². The summed E-state index contributed by atoms with van der Waals surface area (Å²) >= 11 is 3.39. The van der Waals surface area contributed by atoms with Gasteiger partial charge in [-0.25, -0.2) is 13.4 Å². The number of carbonyl (C=O) groups is 1. The minimum absolute atomic E-state index is 0.0623. The molecule has 1 aromatic carbocycles. The van der Waals surface area contributed by atoms with Crippen molar-refractivity contribution in [2.24, 2.45) is 0 Å². The molecule has 8 heteroatoms. The predicted molar refractivity (Wildman–Crippen MR) is 93.3 cm³/mol. The van der Waals surface area contributed by atoms with Gasteiger partial charge in [-0.3, -0.25) is 4.79 Å². The maximum absolute atomic E-state index is 12.0. The topological polar surface area (TPSA) is 88.2 Å². The Kier molecular flexibility index (Phi) is 5.38. The Balaban J connectivity index is 2.04. The Morgan fingerprint density at radius 2 is 2.04 bits per heavy atom. The molecule has 2 N–H and O–H groups in total. The summed E-state index contributed by atoms with van der Waals surface area (Å²) in [6, 6.07) is 8.44. The van der Waals surface area contributed by atoms with E-state index >= 15 is 0 Å². The fourth-order valence-electron chi connectivity index (χ4n) is 1.91. The van der Waals surface area contributed by atoms with Crippen molar-refractivity contribution in [1.82, 2.24) is 4.98 Å². The van der Waals surface area contributed by atoms with Crippen molar-refractivity contribution in [2.45, 2.75) is 11.8 Å². The molecule has 122 valence electrons. The third-order valence-corrected chi connectivity index (χ3v) is 5.05. The van der Waals surface area contributed by atoms with Gasteiger partial charge in [0.25, 0.3) is 0 Å². The van der Waals surface area contributed by atoms with E-state index in [1.54, 1.807) is 6.07 Å². The van der Waals surface area contributed by atoms with Crippen molar-refractivity contribution in [2.75, 3.05) is 23.4 Å². The summed E-state index contributed by atoms with van der Waals surface area (Å²) in [5.41, 5.74) is 1.67. The standard InChI is InChI=1S/C15H16BrN3O3S/c1-10-8-11(5-6-12(10)16)19-14(20)9-18-15-13(23(2,21)22)4-3-7-17-15/h3-8H,9H2,1-2H3,(H,17,18)(H,19,20). The summed E-state index contributed by atoms with van der Waals surface area (Å²) in [4.78, 5) is 16.0. The van der Waals surface area contributed by atoms with Gasteiger partial charge in [0.1, 0.15) is 10.7 Å². The fraction of sp³-hybridized carbons (Fsp3) is 0.200. The molecule has 0 atom stereocenters. The molecule has 1 amide bonds. The molecule has 23 heavy (non-hydrogen) atoms.